The SMILES string of the molecule is Cc1ccc(-c2cc(C(F)(F)F)n3nc(C(=O)Nc4ccc5c(c4)OCO5)cc3n2)cc1. The lowest BCUT2D eigenvalue weighted by molar-refractivity contribution is -0.142. The summed E-state index contributed by atoms with van der Waals surface area (Å²) in [6.45, 7) is 1.96. The number of carbonyl (C=O) groups is 1. The largest absolute Gasteiger partial charge is 0.454 e. The minimum Gasteiger partial charge on any atom is -0.454 e. The van der Waals surface area contributed by atoms with Crippen LogP contribution in [0.5, 0.6) is 11.5 Å². The van der Waals surface area contributed by atoms with Gasteiger partial charge in [-0.2, -0.15) is 18.3 Å². The molecule has 1 aliphatic rings. The van der Waals surface area contributed by atoms with Gasteiger partial charge in [0.2, 0.25) is 6.79 Å². The summed E-state index contributed by atoms with van der Waals surface area (Å²) in [6.07, 6.45) is -4.70. The van der Waals surface area contributed by atoms with E-state index in [-0.39, 0.29) is 23.8 Å². The van der Waals surface area contributed by atoms with Gasteiger partial charge >= 0.3 is 6.18 Å². The Morgan fingerprint density at radius 2 is 1.78 bits per heavy atom. The number of nitrogens with one attached hydrogen (secondary N) is 1. The van der Waals surface area contributed by atoms with Gasteiger partial charge in [-0.15, -0.1) is 0 Å². The highest BCUT2D eigenvalue weighted by Gasteiger charge is 2.35. The minimum atomic E-state index is -4.70. The molecule has 32 heavy (non-hydrogen) atoms. The predicted molar refractivity (Wildman–Crippen MR) is 109 cm³/mol. The van der Waals surface area contributed by atoms with Crippen LogP contribution in [0.15, 0.2) is 54.6 Å². The molecule has 1 amide bonds. The lowest BCUT2D eigenvalue weighted by Crippen LogP contribution is -2.15. The highest BCUT2D eigenvalue weighted by molar-refractivity contribution is 6.03. The van der Waals surface area contributed by atoms with Gasteiger partial charge in [0.1, 0.15) is 0 Å². The second kappa shape index (κ2) is 7.26. The van der Waals surface area contributed by atoms with Gasteiger partial charge in [0.15, 0.2) is 28.5 Å². The minimum absolute atomic E-state index is 0.0778. The Labute approximate surface area is 179 Å². The second-order valence-corrected chi connectivity index (χ2v) is 7.21. The molecule has 0 fully saturated rings. The molecule has 10 heteroatoms. The molecule has 0 radical (unpaired) electrons. The predicted octanol–water partition coefficient (Wildman–Crippen LogP) is 4.70. The van der Waals surface area contributed by atoms with Gasteiger partial charge in [0, 0.05) is 23.4 Å². The Hall–Kier alpha value is -4.08. The summed E-state index contributed by atoms with van der Waals surface area (Å²) in [5.74, 6) is 0.319. The zero-order chi connectivity index (χ0) is 22.5. The van der Waals surface area contributed by atoms with Crippen LogP contribution < -0.4 is 14.8 Å². The number of aromatic nitrogens is 3. The number of carbonyl (C=O) groups excluding carboxylic acids is 1. The summed E-state index contributed by atoms with van der Waals surface area (Å²) < 4.78 is 52.4. The van der Waals surface area contributed by atoms with E-state index in [9.17, 15) is 18.0 Å². The third kappa shape index (κ3) is 3.59. The molecule has 162 valence electrons. The Balaban J connectivity index is 1.53. The highest BCUT2D eigenvalue weighted by atomic mass is 19.4. The van der Waals surface area contributed by atoms with Crippen molar-refractivity contribution in [2.24, 2.45) is 0 Å². The Morgan fingerprint density at radius 1 is 1.03 bits per heavy atom. The standard InChI is InChI=1S/C22H15F3N4O3/c1-12-2-4-13(5-3-12)15-9-19(22(23,24)25)29-20(27-15)10-16(28-29)21(30)26-14-6-7-17-18(8-14)32-11-31-17/h2-10H,11H2,1H3,(H,26,30). The summed E-state index contributed by atoms with van der Waals surface area (Å²) in [7, 11) is 0. The van der Waals surface area contributed by atoms with E-state index < -0.39 is 17.8 Å². The van der Waals surface area contributed by atoms with Crippen molar-refractivity contribution in [2.75, 3.05) is 12.1 Å². The van der Waals surface area contributed by atoms with Gasteiger partial charge in [-0.25, -0.2) is 9.50 Å². The first-order valence-corrected chi connectivity index (χ1v) is 9.54. The number of nitrogens with zero attached hydrogens (tertiary/aromatic N) is 3. The van der Waals surface area contributed by atoms with E-state index in [1.165, 1.54) is 6.07 Å². The first kappa shape index (κ1) is 19.9. The van der Waals surface area contributed by atoms with E-state index >= 15 is 0 Å². The van der Waals surface area contributed by atoms with Gasteiger partial charge in [0.05, 0.1) is 5.69 Å². The molecule has 0 unspecified atom stereocenters. The smallest absolute Gasteiger partial charge is 0.433 e. The average Bonchev–Trinajstić information content (AvgIpc) is 3.39. The quantitative estimate of drug-likeness (QED) is 0.500. The van der Waals surface area contributed by atoms with Crippen molar-refractivity contribution in [1.29, 1.82) is 0 Å². The monoisotopic (exact) mass is 440 g/mol. The van der Waals surface area contributed by atoms with E-state index in [1.54, 1.807) is 42.5 Å². The first-order valence-electron chi connectivity index (χ1n) is 9.54. The molecule has 0 atom stereocenters. The zero-order valence-corrected chi connectivity index (χ0v) is 16.6. The Kier molecular flexibility index (Phi) is 4.50. The summed E-state index contributed by atoms with van der Waals surface area (Å²) in [5, 5.41) is 6.46. The Morgan fingerprint density at radius 3 is 2.53 bits per heavy atom. The lowest BCUT2D eigenvalue weighted by Gasteiger charge is -2.11. The molecular formula is C22H15F3N4O3. The molecule has 0 spiro atoms. The van der Waals surface area contributed by atoms with E-state index in [0.29, 0.717) is 27.3 Å². The number of aryl methyl sites for hydroxylation is 1. The van der Waals surface area contributed by atoms with Crippen LogP contribution >= 0.6 is 0 Å². The molecule has 1 aliphatic heterocycles. The molecular weight excluding hydrogens is 425 g/mol. The van der Waals surface area contributed by atoms with Gasteiger partial charge in [-0.1, -0.05) is 29.8 Å². The van der Waals surface area contributed by atoms with Crippen LogP contribution in [0.4, 0.5) is 18.9 Å². The maximum Gasteiger partial charge on any atom is 0.433 e. The van der Waals surface area contributed by atoms with Gasteiger partial charge in [-0.3, -0.25) is 4.79 Å². The van der Waals surface area contributed by atoms with Crippen molar-refractivity contribution >= 4 is 17.2 Å². The normalized spacial score (nSPS) is 12.9. The molecule has 7 nitrogen and oxygen atoms in total. The number of halogens is 3. The maximum absolute atomic E-state index is 13.7. The van der Waals surface area contributed by atoms with Crippen LogP contribution in [0, 0.1) is 6.92 Å². The van der Waals surface area contributed by atoms with Crippen molar-refractivity contribution in [1.82, 2.24) is 14.6 Å². The molecule has 0 aliphatic carbocycles. The number of rotatable bonds is 3. The van der Waals surface area contributed by atoms with Gasteiger partial charge in [0.25, 0.3) is 5.91 Å². The summed E-state index contributed by atoms with van der Waals surface area (Å²) >= 11 is 0. The second-order valence-electron chi connectivity index (χ2n) is 7.21. The molecule has 3 heterocycles. The van der Waals surface area contributed by atoms with Crippen molar-refractivity contribution in [3.63, 3.8) is 0 Å². The number of benzene rings is 2. The number of hydrogen-bond acceptors (Lipinski definition) is 5. The number of ether oxygens (including phenoxy) is 2. The fourth-order valence-corrected chi connectivity index (χ4v) is 3.33. The number of fused-ring (bicyclic) bond motifs is 2. The van der Waals surface area contributed by atoms with Crippen molar-refractivity contribution < 1.29 is 27.4 Å². The Bertz CT molecular complexity index is 1350. The summed E-state index contributed by atoms with van der Waals surface area (Å²) in [5.41, 5.74) is 0.690. The van der Waals surface area contributed by atoms with Gasteiger partial charge < -0.3 is 14.8 Å². The van der Waals surface area contributed by atoms with E-state index in [1.807, 2.05) is 6.92 Å². The van der Waals surface area contributed by atoms with E-state index in [0.717, 1.165) is 11.6 Å². The number of anilines is 1. The third-order valence-electron chi connectivity index (χ3n) is 4.93. The van der Waals surface area contributed by atoms with Crippen LogP contribution in [-0.2, 0) is 6.18 Å². The highest BCUT2D eigenvalue weighted by Crippen LogP contribution is 2.35. The molecule has 0 saturated carbocycles. The van der Waals surface area contributed by atoms with Crippen LogP contribution in [-0.4, -0.2) is 27.3 Å². The number of hydrogen-bond donors (Lipinski definition) is 1. The van der Waals surface area contributed by atoms with Crippen LogP contribution in [0.2, 0.25) is 0 Å². The molecule has 2 aromatic heterocycles. The molecule has 2 aromatic carbocycles. The molecule has 5 rings (SSSR count). The maximum atomic E-state index is 13.7. The van der Waals surface area contributed by atoms with Crippen LogP contribution in [0.25, 0.3) is 16.9 Å². The summed E-state index contributed by atoms with van der Waals surface area (Å²) in [6, 6.07) is 13.9. The molecule has 4 aromatic rings. The molecule has 1 N–H and O–H groups in total. The number of amides is 1. The lowest BCUT2D eigenvalue weighted by atomic mass is 10.1. The van der Waals surface area contributed by atoms with E-state index in [2.05, 4.69) is 15.4 Å². The zero-order valence-electron chi connectivity index (χ0n) is 16.6. The van der Waals surface area contributed by atoms with Crippen LogP contribution in [0.3, 0.4) is 0 Å². The topological polar surface area (TPSA) is 77.8 Å². The van der Waals surface area contributed by atoms with Gasteiger partial charge in [-0.05, 0) is 25.1 Å². The molecule has 0 saturated heterocycles. The van der Waals surface area contributed by atoms with Crippen molar-refractivity contribution in [3.05, 3.63) is 71.5 Å². The molecule has 0 bridgehead atoms. The fraction of sp³-hybridized carbons (Fsp3) is 0.136. The average molecular weight is 440 g/mol. The van der Waals surface area contributed by atoms with Crippen molar-refractivity contribution in [3.8, 4) is 22.8 Å². The van der Waals surface area contributed by atoms with Crippen LogP contribution in [0.1, 0.15) is 21.7 Å². The van der Waals surface area contributed by atoms with Crippen molar-refractivity contribution in [2.45, 2.75) is 13.1 Å². The summed E-state index contributed by atoms with van der Waals surface area (Å²) in [4.78, 5) is 17.0. The third-order valence-corrected chi connectivity index (χ3v) is 4.93. The number of alkyl halides is 3. The first-order chi connectivity index (χ1) is 15.3. The fourth-order valence-electron chi connectivity index (χ4n) is 3.33. The van der Waals surface area contributed by atoms with E-state index in [4.69, 9.17) is 9.47 Å².